The number of ether oxygens (including phenoxy) is 1. The number of methoxy groups -OCH3 is 1. The number of benzene rings is 1. The van der Waals surface area contributed by atoms with Crippen LogP contribution in [-0.4, -0.2) is 43.0 Å². The van der Waals surface area contributed by atoms with Gasteiger partial charge < -0.3 is 10.1 Å². The number of unbranched alkanes of at least 4 members (excludes halogenated alkanes) is 1. The number of carbonyl (C=O) groups is 2. The first kappa shape index (κ1) is 18.5. The zero-order chi connectivity index (χ0) is 17.5. The van der Waals surface area contributed by atoms with Gasteiger partial charge in [0.15, 0.2) is 0 Å². The molecular formula is C19H28N2O3. The van der Waals surface area contributed by atoms with Crippen LogP contribution in [0.1, 0.15) is 54.9 Å². The van der Waals surface area contributed by atoms with E-state index in [4.69, 9.17) is 4.74 Å². The molecule has 1 amide bonds. The highest BCUT2D eigenvalue weighted by atomic mass is 16.5. The zero-order valence-electron chi connectivity index (χ0n) is 14.9. The molecule has 1 N–H and O–H groups in total. The van der Waals surface area contributed by atoms with Gasteiger partial charge in [-0.2, -0.15) is 0 Å². The van der Waals surface area contributed by atoms with Crippen molar-refractivity contribution in [1.29, 1.82) is 0 Å². The maximum atomic E-state index is 12.7. The Morgan fingerprint density at radius 1 is 1.33 bits per heavy atom. The Labute approximate surface area is 144 Å². The average Bonchev–Trinajstić information content (AvgIpc) is 2.61. The molecule has 1 atom stereocenters. The van der Waals surface area contributed by atoms with Gasteiger partial charge in [0, 0.05) is 5.69 Å². The third-order valence-electron chi connectivity index (χ3n) is 4.63. The summed E-state index contributed by atoms with van der Waals surface area (Å²) in [5.74, 6) is -0.365. The number of hydrogen-bond donors (Lipinski definition) is 1. The Morgan fingerprint density at radius 2 is 2.12 bits per heavy atom. The number of likely N-dealkylation sites (tertiary alicyclic amines) is 1. The molecule has 1 aromatic carbocycles. The number of aryl methyl sites for hydroxylation is 1. The Bertz CT molecular complexity index is 586. The first-order valence-corrected chi connectivity index (χ1v) is 8.80. The summed E-state index contributed by atoms with van der Waals surface area (Å²) in [7, 11) is 1.36. The van der Waals surface area contributed by atoms with Crippen LogP contribution in [0.25, 0.3) is 0 Å². The van der Waals surface area contributed by atoms with Gasteiger partial charge in [-0.3, -0.25) is 9.69 Å². The van der Waals surface area contributed by atoms with Crippen molar-refractivity contribution >= 4 is 17.6 Å². The van der Waals surface area contributed by atoms with Crippen LogP contribution in [0.3, 0.4) is 0 Å². The van der Waals surface area contributed by atoms with E-state index < -0.39 is 0 Å². The lowest BCUT2D eigenvalue weighted by molar-refractivity contribution is -0.122. The van der Waals surface area contributed by atoms with Crippen molar-refractivity contribution in [2.75, 3.05) is 25.5 Å². The summed E-state index contributed by atoms with van der Waals surface area (Å²) in [6, 6.07) is 5.28. The van der Waals surface area contributed by atoms with Crippen LogP contribution >= 0.6 is 0 Å². The first-order valence-electron chi connectivity index (χ1n) is 8.80. The highest BCUT2D eigenvalue weighted by Crippen LogP contribution is 2.21. The quantitative estimate of drug-likeness (QED) is 0.812. The molecule has 132 valence electrons. The predicted octanol–water partition coefficient (Wildman–Crippen LogP) is 3.37. The minimum Gasteiger partial charge on any atom is -0.465 e. The molecule has 1 saturated heterocycles. The van der Waals surface area contributed by atoms with E-state index in [0.29, 0.717) is 11.3 Å². The van der Waals surface area contributed by atoms with E-state index in [9.17, 15) is 9.59 Å². The zero-order valence-corrected chi connectivity index (χ0v) is 14.9. The molecule has 1 aliphatic heterocycles. The van der Waals surface area contributed by atoms with Crippen LogP contribution in [0, 0.1) is 6.92 Å². The number of amides is 1. The topological polar surface area (TPSA) is 58.6 Å². The Kier molecular flexibility index (Phi) is 6.79. The summed E-state index contributed by atoms with van der Waals surface area (Å²) >= 11 is 0. The van der Waals surface area contributed by atoms with Gasteiger partial charge in [0.05, 0.1) is 18.7 Å². The first-order chi connectivity index (χ1) is 11.6. The summed E-state index contributed by atoms with van der Waals surface area (Å²) in [5.41, 5.74) is 1.97. The number of nitrogens with zero attached hydrogens (tertiary/aromatic N) is 1. The molecule has 0 aromatic heterocycles. The van der Waals surface area contributed by atoms with Crippen molar-refractivity contribution in [1.82, 2.24) is 4.90 Å². The van der Waals surface area contributed by atoms with Gasteiger partial charge in [-0.15, -0.1) is 0 Å². The van der Waals surface area contributed by atoms with E-state index in [1.807, 2.05) is 19.1 Å². The Balaban J connectivity index is 2.08. The largest absolute Gasteiger partial charge is 0.465 e. The van der Waals surface area contributed by atoms with Crippen molar-refractivity contribution in [3.63, 3.8) is 0 Å². The number of carbonyl (C=O) groups excluding carboxylic acids is 2. The van der Waals surface area contributed by atoms with E-state index in [-0.39, 0.29) is 17.9 Å². The molecule has 5 heteroatoms. The van der Waals surface area contributed by atoms with E-state index in [2.05, 4.69) is 17.1 Å². The maximum Gasteiger partial charge on any atom is 0.338 e. The van der Waals surface area contributed by atoms with Gasteiger partial charge in [-0.05, 0) is 57.0 Å². The second-order valence-corrected chi connectivity index (χ2v) is 6.41. The number of esters is 1. The van der Waals surface area contributed by atoms with E-state index in [1.54, 1.807) is 6.07 Å². The molecule has 0 saturated carbocycles. The lowest BCUT2D eigenvalue weighted by Crippen LogP contribution is -2.47. The molecule has 5 nitrogen and oxygen atoms in total. The number of hydrogen-bond acceptors (Lipinski definition) is 4. The summed E-state index contributed by atoms with van der Waals surface area (Å²) in [6.07, 6.45) is 5.38. The second-order valence-electron chi connectivity index (χ2n) is 6.41. The Morgan fingerprint density at radius 3 is 2.83 bits per heavy atom. The molecule has 0 spiro atoms. The molecule has 24 heavy (non-hydrogen) atoms. The van der Waals surface area contributed by atoms with E-state index in [0.717, 1.165) is 50.8 Å². The van der Waals surface area contributed by atoms with Gasteiger partial charge in [-0.1, -0.05) is 25.8 Å². The third-order valence-corrected chi connectivity index (χ3v) is 4.63. The van der Waals surface area contributed by atoms with E-state index in [1.165, 1.54) is 7.11 Å². The number of rotatable bonds is 6. The molecule has 0 radical (unpaired) electrons. The van der Waals surface area contributed by atoms with Crippen molar-refractivity contribution < 1.29 is 14.3 Å². The van der Waals surface area contributed by atoms with Crippen molar-refractivity contribution in [2.24, 2.45) is 0 Å². The van der Waals surface area contributed by atoms with Gasteiger partial charge in [0.1, 0.15) is 0 Å². The van der Waals surface area contributed by atoms with Crippen LogP contribution in [0.2, 0.25) is 0 Å². The molecule has 0 aliphatic carbocycles. The van der Waals surface area contributed by atoms with Crippen LogP contribution < -0.4 is 5.32 Å². The number of piperidine rings is 1. The summed E-state index contributed by atoms with van der Waals surface area (Å²) < 4.78 is 4.79. The third kappa shape index (κ3) is 4.57. The standard InChI is InChI=1S/C19H28N2O3/c1-4-5-11-21-12-7-6-8-17(21)18(22)20-15-10-9-14(2)16(13-15)19(23)24-3/h9-10,13,17H,4-8,11-12H2,1-3H3,(H,20,22)/t17-/m1/s1. The second kappa shape index (κ2) is 8.83. The smallest absolute Gasteiger partial charge is 0.338 e. The normalized spacial score (nSPS) is 18.2. The molecule has 0 bridgehead atoms. The van der Waals surface area contributed by atoms with Crippen molar-refractivity contribution in [3.8, 4) is 0 Å². The molecule has 1 aromatic rings. The van der Waals surface area contributed by atoms with Gasteiger partial charge >= 0.3 is 5.97 Å². The van der Waals surface area contributed by atoms with Gasteiger partial charge in [-0.25, -0.2) is 4.79 Å². The Hall–Kier alpha value is -1.88. The fourth-order valence-corrected chi connectivity index (χ4v) is 3.17. The SMILES string of the molecule is CCCCN1CCCC[C@@H]1C(=O)Nc1ccc(C)c(C(=O)OC)c1. The average molecular weight is 332 g/mol. The monoisotopic (exact) mass is 332 g/mol. The summed E-state index contributed by atoms with van der Waals surface area (Å²) in [6.45, 7) is 5.97. The summed E-state index contributed by atoms with van der Waals surface area (Å²) in [4.78, 5) is 26.8. The van der Waals surface area contributed by atoms with E-state index >= 15 is 0 Å². The molecule has 2 rings (SSSR count). The van der Waals surface area contributed by atoms with Gasteiger partial charge in [0.2, 0.25) is 5.91 Å². The highest BCUT2D eigenvalue weighted by Gasteiger charge is 2.28. The molecule has 1 fully saturated rings. The molecular weight excluding hydrogens is 304 g/mol. The predicted molar refractivity (Wildman–Crippen MR) is 95.3 cm³/mol. The fraction of sp³-hybridized carbons (Fsp3) is 0.579. The lowest BCUT2D eigenvalue weighted by atomic mass is 10.0. The lowest BCUT2D eigenvalue weighted by Gasteiger charge is -2.34. The molecule has 1 aliphatic rings. The van der Waals surface area contributed by atoms with Crippen molar-refractivity contribution in [2.45, 2.75) is 52.0 Å². The molecule has 0 unspecified atom stereocenters. The highest BCUT2D eigenvalue weighted by molar-refractivity contribution is 5.97. The number of anilines is 1. The van der Waals surface area contributed by atoms with Crippen LogP contribution in [0.15, 0.2) is 18.2 Å². The summed E-state index contributed by atoms with van der Waals surface area (Å²) in [5, 5.41) is 2.98. The van der Waals surface area contributed by atoms with Crippen LogP contribution in [-0.2, 0) is 9.53 Å². The maximum absolute atomic E-state index is 12.7. The molecule has 1 heterocycles. The minimum atomic E-state index is -0.383. The minimum absolute atomic E-state index is 0.0190. The van der Waals surface area contributed by atoms with Crippen LogP contribution in [0.5, 0.6) is 0 Å². The number of nitrogens with one attached hydrogen (secondary N) is 1. The van der Waals surface area contributed by atoms with Crippen molar-refractivity contribution in [3.05, 3.63) is 29.3 Å². The van der Waals surface area contributed by atoms with Gasteiger partial charge in [0.25, 0.3) is 0 Å². The van der Waals surface area contributed by atoms with Crippen LogP contribution in [0.4, 0.5) is 5.69 Å². The fourth-order valence-electron chi connectivity index (χ4n) is 3.17.